The number of nitrogens with one attached hydrogen (secondary N) is 2. The molecule has 10 heavy (non-hydrogen) atoms. The van der Waals surface area contributed by atoms with Crippen LogP contribution in [0, 0.1) is 0 Å². The fourth-order valence-corrected chi connectivity index (χ4v) is 0.680. The molecule has 2 N–H and O–H groups in total. The number of carbonyl (C=O) groups is 2. The van der Waals surface area contributed by atoms with Gasteiger partial charge in [0.1, 0.15) is 6.04 Å². The minimum Gasteiger partial charge on any atom is -0.327 e. The monoisotopic (exact) mass is 141 g/mol. The van der Waals surface area contributed by atoms with E-state index in [2.05, 4.69) is 5.32 Å². The summed E-state index contributed by atoms with van der Waals surface area (Å²) in [6.45, 7) is 0. The van der Waals surface area contributed by atoms with E-state index in [-0.39, 0.29) is 6.42 Å². The van der Waals surface area contributed by atoms with E-state index in [1.165, 1.54) is 6.29 Å². The van der Waals surface area contributed by atoms with Crippen molar-refractivity contribution < 1.29 is 14.4 Å². The molecule has 0 aliphatic carbocycles. The summed E-state index contributed by atoms with van der Waals surface area (Å²) in [6.07, 6.45) is 1.50. The first-order valence-electron chi connectivity index (χ1n) is 2.70. The van der Waals surface area contributed by atoms with Gasteiger partial charge in [0.05, 0.1) is 6.42 Å². The Hall–Kier alpha value is -1.39. The van der Waals surface area contributed by atoms with Crippen LogP contribution in [0.15, 0.2) is 0 Å². The van der Waals surface area contributed by atoms with Crippen molar-refractivity contribution in [3.05, 3.63) is 0 Å². The van der Waals surface area contributed by atoms with Crippen LogP contribution in [-0.4, -0.2) is 24.3 Å². The van der Waals surface area contributed by atoms with Gasteiger partial charge in [0.25, 0.3) is 0 Å². The lowest BCUT2D eigenvalue weighted by molar-refractivity contribution is -0.120. The number of hydrogen-bond acceptors (Lipinski definition) is 3. The summed E-state index contributed by atoms with van der Waals surface area (Å²) in [5, 5.41) is 4.18. The summed E-state index contributed by atoms with van der Waals surface area (Å²) in [7, 11) is 0. The minimum atomic E-state index is -0.777. The lowest BCUT2D eigenvalue weighted by Gasteiger charge is -2.16. The molecule has 1 aliphatic rings. The van der Waals surface area contributed by atoms with Crippen molar-refractivity contribution in [2.45, 2.75) is 12.5 Å². The SMILES string of the molecule is O=[C][C@@H]1CC(=O)NC(=O)N1. The summed E-state index contributed by atoms with van der Waals surface area (Å²) in [5.74, 6) is -0.447. The third kappa shape index (κ3) is 1.31. The van der Waals surface area contributed by atoms with Gasteiger partial charge in [0.2, 0.25) is 12.2 Å². The molecule has 0 aromatic rings. The van der Waals surface area contributed by atoms with Gasteiger partial charge in [-0.25, -0.2) is 4.79 Å². The molecule has 0 aromatic carbocycles. The van der Waals surface area contributed by atoms with E-state index in [9.17, 15) is 14.4 Å². The van der Waals surface area contributed by atoms with E-state index in [4.69, 9.17) is 0 Å². The van der Waals surface area contributed by atoms with Gasteiger partial charge in [0, 0.05) is 0 Å². The molecule has 5 heteroatoms. The molecule has 5 nitrogen and oxygen atoms in total. The molecule has 1 aliphatic heterocycles. The summed E-state index contributed by atoms with van der Waals surface area (Å²) in [6, 6.07) is -1.41. The molecule has 0 saturated carbocycles. The molecular formula is C5H5N2O3. The quantitative estimate of drug-likeness (QED) is 0.476. The average molecular weight is 141 g/mol. The Kier molecular flexibility index (Phi) is 1.66. The van der Waals surface area contributed by atoms with Crippen molar-refractivity contribution in [2.24, 2.45) is 0 Å². The van der Waals surface area contributed by atoms with Crippen LogP contribution in [0.5, 0.6) is 0 Å². The average Bonchev–Trinajstić information content (AvgIpc) is 1.85. The van der Waals surface area contributed by atoms with Gasteiger partial charge in [0.15, 0.2) is 0 Å². The highest BCUT2D eigenvalue weighted by Gasteiger charge is 2.23. The van der Waals surface area contributed by atoms with Gasteiger partial charge in [-0.1, -0.05) is 0 Å². The Morgan fingerprint density at radius 1 is 1.50 bits per heavy atom. The predicted molar refractivity (Wildman–Crippen MR) is 30.8 cm³/mol. The number of carbonyl (C=O) groups excluding carboxylic acids is 3. The summed E-state index contributed by atoms with van der Waals surface area (Å²) < 4.78 is 0. The zero-order valence-electron chi connectivity index (χ0n) is 5.01. The van der Waals surface area contributed by atoms with Crippen LogP contribution in [0.4, 0.5) is 4.79 Å². The fraction of sp³-hybridized carbons (Fsp3) is 0.400. The first-order valence-corrected chi connectivity index (χ1v) is 2.70. The molecule has 1 atom stereocenters. The number of urea groups is 1. The Morgan fingerprint density at radius 3 is 2.70 bits per heavy atom. The van der Waals surface area contributed by atoms with E-state index in [0.29, 0.717) is 0 Å². The molecule has 0 bridgehead atoms. The second-order valence-electron chi connectivity index (χ2n) is 1.90. The van der Waals surface area contributed by atoms with Gasteiger partial charge >= 0.3 is 6.03 Å². The van der Waals surface area contributed by atoms with Gasteiger partial charge in [-0.15, -0.1) is 0 Å². The molecular weight excluding hydrogens is 136 g/mol. The third-order valence-electron chi connectivity index (χ3n) is 1.09. The Morgan fingerprint density at radius 2 is 2.20 bits per heavy atom. The number of hydrogen-bond donors (Lipinski definition) is 2. The lowest BCUT2D eigenvalue weighted by Crippen LogP contribution is -2.52. The van der Waals surface area contributed by atoms with Gasteiger partial charge in [-0.3, -0.25) is 14.9 Å². The highest BCUT2D eigenvalue weighted by Crippen LogP contribution is 1.93. The van der Waals surface area contributed by atoms with E-state index in [0.717, 1.165) is 0 Å². The normalized spacial score (nSPS) is 25.0. The molecule has 0 spiro atoms. The highest BCUT2D eigenvalue weighted by atomic mass is 16.2. The Balaban J connectivity index is 2.58. The van der Waals surface area contributed by atoms with Crippen LogP contribution in [-0.2, 0) is 9.59 Å². The van der Waals surface area contributed by atoms with Gasteiger partial charge < -0.3 is 5.32 Å². The maximum atomic E-state index is 10.5. The van der Waals surface area contributed by atoms with E-state index in [1.54, 1.807) is 0 Å². The highest BCUT2D eigenvalue weighted by molar-refractivity contribution is 5.99. The number of imide groups is 1. The summed E-state index contributed by atoms with van der Waals surface area (Å²) in [5.41, 5.74) is 0. The minimum absolute atomic E-state index is 0.0186. The van der Waals surface area contributed by atoms with Crippen molar-refractivity contribution in [2.75, 3.05) is 0 Å². The first kappa shape index (κ1) is 6.73. The zero-order chi connectivity index (χ0) is 7.56. The van der Waals surface area contributed by atoms with E-state index >= 15 is 0 Å². The van der Waals surface area contributed by atoms with Crippen LogP contribution in [0.25, 0.3) is 0 Å². The first-order chi connectivity index (χ1) is 4.72. The molecule has 3 amide bonds. The number of amides is 3. The van der Waals surface area contributed by atoms with E-state index < -0.39 is 18.0 Å². The standard InChI is InChI=1S/C5H5N2O3/c8-2-3-1-4(9)7-5(10)6-3/h3H,1H2,(H2,6,7,9,10)/t3-/m0/s1. The Labute approximate surface area is 56.8 Å². The largest absolute Gasteiger partial charge is 0.327 e. The second kappa shape index (κ2) is 2.47. The maximum absolute atomic E-state index is 10.5. The van der Waals surface area contributed by atoms with Crippen LogP contribution in [0.2, 0.25) is 0 Å². The van der Waals surface area contributed by atoms with Crippen molar-refractivity contribution in [1.29, 1.82) is 0 Å². The zero-order valence-corrected chi connectivity index (χ0v) is 5.01. The van der Waals surface area contributed by atoms with Crippen molar-refractivity contribution in [3.63, 3.8) is 0 Å². The molecule has 0 aromatic heterocycles. The molecule has 1 fully saturated rings. The Bertz CT molecular complexity index is 173. The van der Waals surface area contributed by atoms with E-state index in [1.807, 2.05) is 5.32 Å². The fourth-order valence-electron chi connectivity index (χ4n) is 0.680. The second-order valence-corrected chi connectivity index (χ2v) is 1.90. The molecule has 1 heterocycles. The molecule has 1 saturated heterocycles. The number of rotatable bonds is 1. The van der Waals surface area contributed by atoms with Crippen molar-refractivity contribution in [3.8, 4) is 0 Å². The lowest BCUT2D eigenvalue weighted by atomic mass is 10.2. The summed E-state index contributed by atoms with van der Waals surface area (Å²) >= 11 is 0. The molecule has 53 valence electrons. The third-order valence-corrected chi connectivity index (χ3v) is 1.09. The predicted octanol–water partition coefficient (Wildman–Crippen LogP) is -1.31. The van der Waals surface area contributed by atoms with Crippen LogP contribution < -0.4 is 10.6 Å². The van der Waals surface area contributed by atoms with Crippen LogP contribution >= 0.6 is 0 Å². The summed E-state index contributed by atoms with van der Waals surface area (Å²) in [4.78, 5) is 30.8. The smallest absolute Gasteiger partial charge is 0.322 e. The van der Waals surface area contributed by atoms with Gasteiger partial charge in [-0.05, 0) is 0 Å². The molecule has 1 radical (unpaired) electrons. The maximum Gasteiger partial charge on any atom is 0.322 e. The molecule has 1 rings (SSSR count). The molecule has 0 unspecified atom stereocenters. The topological polar surface area (TPSA) is 75.3 Å². The van der Waals surface area contributed by atoms with Crippen LogP contribution in [0.1, 0.15) is 6.42 Å². The van der Waals surface area contributed by atoms with Crippen molar-refractivity contribution in [1.82, 2.24) is 10.6 Å². The van der Waals surface area contributed by atoms with Crippen LogP contribution in [0.3, 0.4) is 0 Å². The van der Waals surface area contributed by atoms with Gasteiger partial charge in [-0.2, -0.15) is 0 Å². The van der Waals surface area contributed by atoms with Crippen molar-refractivity contribution >= 4 is 18.2 Å².